The van der Waals surface area contributed by atoms with E-state index in [1.165, 1.54) is 11.1 Å². The molecule has 1 aliphatic heterocycles. The SMILES string of the molecule is Cc1cc(CN2CC(C(=O)O)CCC2C)cc2cccnc12. The zero-order valence-electron chi connectivity index (χ0n) is 13.1. The number of hydrogen-bond donors (Lipinski definition) is 1. The fourth-order valence-electron chi connectivity index (χ4n) is 3.38. The number of hydrogen-bond acceptors (Lipinski definition) is 3. The summed E-state index contributed by atoms with van der Waals surface area (Å²) in [6.45, 7) is 5.71. The molecule has 1 aromatic heterocycles. The minimum absolute atomic E-state index is 0.237. The first kappa shape index (κ1) is 15.0. The van der Waals surface area contributed by atoms with E-state index in [2.05, 4.69) is 41.9 Å². The summed E-state index contributed by atoms with van der Waals surface area (Å²) in [5.41, 5.74) is 3.45. The largest absolute Gasteiger partial charge is 0.481 e. The molecule has 4 heteroatoms. The molecular weight excluding hydrogens is 276 g/mol. The second kappa shape index (κ2) is 6.05. The van der Waals surface area contributed by atoms with Crippen molar-refractivity contribution in [1.29, 1.82) is 0 Å². The van der Waals surface area contributed by atoms with Gasteiger partial charge in [-0.25, -0.2) is 0 Å². The average molecular weight is 298 g/mol. The van der Waals surface area contributed by atoms with Crippen molar-refractivity contribution in [2.45, 2.75) is 39.3 Å². The molecule has 1 fully saturated rings. The molecule has 2 aromatic rings. The summed E-state index contributed by atoms with van der Waals surface area (Å²) in [5.74, 6) is -0.907. The van der Waals surface area contributed by atoms with Crippen LogP contribution in [0.4, 0.5) is 0 Å². The van der Waals surface area contributed by atoms with Gasteiger partial charge in [-0.1, -0.05) is 12.1 Å². The topological polar surface area (TPSA) is 53.4 Å². The van der Waals surface area contributed by atoms with E-state index in [1.54, 1.807) is 0 Å². The van der Waals surface area contributed by atoms with Gasteiger partial charge in [0.1, 0.15) is 0 Å². The van der Waals surface area contributed by atoms with E-state index in [0.29, 0.717) is 12.6 Å². The number of carboxylic acid groups (broad SMARTS) is 1. The normalized spacial score (nSPS) is 22.8. The molecule has 0 spiro atoms. The minimum atomic E-state index is -0.671. The van der Waals surface area contributed by atoms with E-state index in [9.17, 15) is 9.90 Å². The highest BCUT2D eigenvalue weighted by Gasteiger charge is 2.29. The lowest BCUT2D eigenvalue weighted by Crippen LogP contribution is -2.43. The summed E-state index contributed by atoms with van der Waals surface area (Å²) in [6.07, 6.45) is 3.55. The molecule has 1 aromatic carbocycles. The Morgan fingerprint density at radius 1 is 1.41 bits per heavy atom. The Kier molecular flexibility index (Phi) is 4.12. The van der Waals surface area contributed by atoms with Crippen LogP contribution in [0.2, 0.25) is 0 Å². The van der Waals surface area contributed by atoms with Crippen molar-refractivity contribution in [2.75, 3.05) is 6.54 Å². The van der Waals surface area contributed by atoms with E-state index >= 15 is 0 Å². The van der Waals surface area contributed by atoms with Gasteiger partial charge in [-0.3, -0.25) is 14.7 Å². The molecule has 0 aliphatic carbocycles. The lowest BCUT2D eigenvalue weighted by atomic mass is 9.93. The van der Waals surface area contributed by atoms with Crippen LogP contribution >= 0.6 is 0 Å². The summed E-state index contributed by atoms with van der Waals surface area (Å²) < 4.78 is 0. The molecule has 1 saturated heterocycles. The molecule has 22 heavy (non-hydrogen) atoms. The lowest BCUT2D eigenvalue weighted by Gasteiger charge is -2.36. The van der Waals surface area contributed by atoms with Crippen LogP contribution in [0.25, 0.3) is 10.9 Å². The second-order valence-corrected chi connectivity index (χ2v) is 6.38. The Morgan fingerprint density at radius 3 is 3.00 bits per heavy atom. The number of likely N-dealkylation sites (tertiary alicyclic amines) is 1. The van der Waals surface area contributed by atoms with E-state index in [-0.39, 0.29) is 5.92 Å². The van der Waals surface area contributed by atoms with Crippen molar-refractivity contribution in [3.8, 4) is 0 Å². The van der Waals surface area contributed by atoms with Crippen molar-refractivity contribution in [3.05, 3.63) is 41.6 Å². The number of carboxylic acids is 1. The maximum atomic E-state index is 11.3. The summed E-state index contributed by atoms with van der Waals surface area (Å²) in [4.78, 5) is 18.0. The highest BCUT2D eigenvalue weighted by molar-refractivity contribution is 5.82. The van der Waals surface area contributed by atoms with Crippen molar-refractivity contribution in [3.63, 3.8) is 0 Å². The molecule has 2 atom stereocenters. The summed E-state index contributed by atoms with van der Waals surface area (Å²) in [6, 6.07) is 8.81. The van der Waals surface area contributed by atoms with E-state index in [1.807, 2.05) is 12.3 Å². The number of carbonyl (C=O) groups is 1. The van der Waals surface area contributed by atoms with Gasteiger partial charge in [-0.05, 0) is 49.9 Å². The van der Waals surface area contributed by atoms with E-state index in [4.69, 9.17) is 0 Å². The number of aliphatic carboxylic acids is 1. The maximum absolute atomic E-state index is 11.3. The second-order valence-electron chi connectivity index (χ2n) is 6.38. The molecule has 116 valence electrons. The van der Waals surface area contributed by atoms with Gasteiger partial charge in [0.05, 0.1) is 11.4 Å². The number of pyridine rings is 1. The third-order valence-corrected chi connectivity index (χ3v) is 4.70. The fourth-order valence-corrected chi connectivity index (χ4v) is 3.38. The molecule has 1 aliphatic rings. The third-order valence-electron chi connectivity index (χ3n) is 4.70. The molecule has 2 unspecified atom stereocenters. The van der Waals surface area contributed by atoms with Crippen LogP contribution in [0, 0.1) is 12.8 Å². The Hall–Kier alpha value is -1.94. The van der Waals surface area contributed by atoms with Crippen LogP contribution in [0.1, 0.15) is 30.9 Å². The number of aromatic nitrogens is 1. The molecular formula is C18H22N2O2. The van der Waals surface area contributed by atoms with Gasteiger partial charge < -0.3 is 5.11 Å². The molecule has 4 nitrogen and oxygen atoms in total. The molecule has 0 bridgehead atoms. The Balaban J connectivity index is 1.84. The van der Waals surface area contributed by atoms with Gasteiger partial charge in [-0.2, -0.15) is 0 Å². The maximum Gasteiger partial charge on any atom is 0.307 e. The van der Waals surface area contributed by atoms with Gasteiger partial charge >= 0.3 is 5.97 Å². The number of nitrogens with zero attached hydrogens (tertiary/aromatic N) is 2. The first-order valence-electron chi connectivity index (χ1n) is 7.85. The van der Waals surface area contributed by atoms with Crippen LogP contribution in [0.15, 0.2) is 30.5 Å². The van der Waals surface area contributed by atoms with Gasteiger partial charge in [0.25, 0.3) is 0 Å². The lowest BCUT2D eigenvalue weighted by molar-refractivity contribution is -0.144. The number of aryl methyl sites for hydroxylation is 1. The molecule has 0 radical (unpaired) electrons. The number of benzene rings is 1. The summed E-state index contributed by atoms with van der Waals surface area (Å²) in [5, 5.41) is 10.4. The molecule has 0 saturated carbocycles. The summed E-state index contributed by atoms with van der Waals surface area (Å²) in [7, 11) is 0. The smallest absolute Gasteiger partial charge is 0.307 e. The van der Waals surface area contributed by atoms with Crippen molar-refractivity contribution in [2.24, 2.45) is 5.92 Å². The molecule has 0 amide bonds. The van der Waals surface area contributed by atoms with Crippen molar-refractivity contribution < 1.29 is 9.90 Å². The highest BCUT2D eigenvalue weighted by atomic mass is 16.4. The Bertz CT molecular complexity index is 699. The van der Waals surface area contributed by atoms with Crippen LogP contribution < -0.4 is 0 Å². The fraction of sp³-hybridized carbons (Fsp3) is 0.444. The first-order valence-corrected chi connectivity index (χ1v) is 7.85. The predicted octanol–water partition coefficient (Wildman–Crippen LogP) is 3.23. The quantitative estimate of drug-likeness (QED) is 0.945. The highest BCUT2D eigenvalue weighted by Crippen LogP contribution is 2.25. The van der Waals surface area contributed by atoms with Gasteiger partial charge in [0, 0.05) is 30.7 Å². The van der Waals surface area contributed by atoms with Gasteiger partial charge in [0.15, 0.2) is 0 Å². The minimum Gasteiger partial charge on any atom is -0.481 e. The van der Waals surface area contributed by atoms with Crippen molar-refractivity contribution in [1.82, 2.24) is 9.88 Å². The zero-order chi connectivity index (χ0) is 15.7. The van der Waals surface area contributed by atoms with Crippen LogP contribution in [0.3, 0.4) is 0 Å². The Labute approximate surface area is 130 Å². The predicted molar refractivity (Wildman–Crippen MR) is 86.7 cm³/mol. The van der Waals surface area contributed by atoms with Crippen molar-refractivity contribution >= 4 is 16.9 Å². The monoisotopic (exact) mass is 298 g/mol. The Morgan fingerprint density at radius 2 is 2.23 bits per heavy atom. The average Bonchev–Trinajstić information content (AvgIpc) is 2.49. The molecule has 1 N–H and O–H groups in total. The van der Waals surface area contributed by atoms with E-state index in [0.717, 1.165) is 30.3 Å². The van der Waals surface area contributed by atoms with Gasteiger partial charge in [0.2, 0.25) is 0 Å². The first-order chi connectivity index (χ1) is 10.5. The van der Waals surface area contributed by atoms with Crippen LogP contribution in [-0.2, 0) is 11.3 Å². The molecule has 3 rings (SSSR count). The molecule has 2 heterocycles. The van der Waals surface area contributed by atoms with Gasteiger partial charge in [-0.15, -0.1) is 0 Å². The van der Waals surface area contributed by atoms with Crippen LogP contribution in [0.5, 0.6) is 0 Å². The number of fused-ring (bicyclic) bond motifs is 1. The standard InChI is InChI=1S/C18H22N2O2/c1-12-8-14(9-15-4-3-7-19-17(12)15)10-20-11-16(18(21)22)6-5-13(20)2/h3-4,7-9,13,16H,5-6,10-11H2,1-2H3,(H,21,22). The van der Waals surface area contributed by atoms with E-state index < -0.39 is 5.97 Å². The number of piperidine rings is 1. The zero-order valence-corrected chi connectivity index (χ0v) is 13.1. The third kappa shape index (κ3) is 2.97. The summed E-state index contributed by atoms with van der Waals surface area (Å²) >= 11 is 0. The number of rotatable bonds is 3. The van der Waals surface area contributed by atoms with Crippen LogP contribution in [-0.4, -0.2) is 33.5 Å².